The third-order valence-corrected chi connectivity index (χ3v) is 5.92. The number of nitrogens with zero attached hydrogens (tertiary/aromatic N) is 2. The van der Waals surface area contributed by atoms with Crippen molar-refractivity contribution in [2.75, 3.05) is 6.54 Å². The van der Waals surface area contributed by atoms with Crippen molar-refractivity contribution in [2.45, 2.75) is 36.7 Å². The topological polar surface area (TPSA) is 76.3 Å². The normalized spacial score (nSPS) is 21.3. The average Bonchev–Trinajstić information content (AvgIpc) is 2.71. The molecule has 0 radical (unpaired) electrons. The maximum atomic E-state index is 13.0. The first-order valence-corrected chi connectivity index (χ1v) is 8.66. The number of hydrogen-bond donors (Lipinski definition) is 1. The fraction of sp³-hybridized carbons (Fsp3) is 0.400. The van der Waals surface area contributed by atoms with Crippen LogP contribution in [0.5, 0.6) is 0 Å². The summed E-state index contributed by atoms with van der Waals surface area (Å²) >= 11 is 0. The molecule has 0 bridgehead atoms. The van der Waals surface area contributed by atoms with Gasteiger partial charge in [-0.15, -0.1) is 0 Å². The summed E-state index contributed by atoms with van der Waals surface area (Å²) in [5, 5.41) is 0.649. The molecule has 0 amide bonds. The van der Waals surface area contributed by atoms with Crippen LogP contribution in [0, 0.1) is 0 Å². The standard InChI is InChI=1S/C15H19N3O2S/c16-15-9-2-1-3-11-18(15)21(19,20)14-8-4-7-13-12(14)6-5-10-17-13/h4-8,10,15H,1-3,9,11,16H2. The SMILES string of the molecule is NC1CCCCCN1S(=O)(=O)c1cccc2ncccc12. The van der Waals surface area contributed by atoms with Crippen molar-refractivity contribution in [1.82, 2.24) is 9.29 Å². The summed E-state index contributed by atoms with van der Waals surface area (Å²) in [6.07, 6.45) is 4.79. The number of nitrogens with two attached hydrogens (primary N) is 1. The van der Waals surface area contributed by atoms with Crippen LogP contribution in [-0.2, 0) is 10.0 Å². The van der Waals surface area contributed by atoms with E-state index >= 15 is 0 Å². The molecule has 3 rings (SSSR count). The van der Waals surface area contributed by atoms with Crippen LogP contribution in [0.15, 0.2) is 41.4 Å². The minimum atomic E-state index is -3.59. The van der Waals surface area contributed by atoms with Crippen LogP contribution in [0.1, 0.15) is 25.7 Å². The fourth-order valence-corrected chi connectivity index (χ4v) is 4.62. The Bertz CT molecular complexity index is 740. The van der Waals surface area contributed by atoms with Crippen LogP contribution in [0.3, 0.4) is 0 Å². The van der Waals surface area contributed by atoms with Crippen LogP contribution in [0.25, 0.3) is 10.9 Å². The lowest BCUT2D eigenvalue weighted by molar-refractivity contribution is 0.330. The average molecular weight is 305 g/mol. The van der Waals surface area contributed by atoms with Gasteiger partial charge in [-0.25, -0.2) is 8.42 Å². The van der Waals surface area contributed by atoms with Crippen LogP contribution < -0.4 is 5.73 Å². The lowest BCUT2D eigenvalue weighted by Crippen LogP contribution is -2.45. The monoisotopic (exact) mass is 305 g/mol. The molecule has 0 aliphatic carbocycles. The largest absolute Gasteiger partial charge is 0.315 e. The van der Waals surface area contributed by atoms with Gasteiger partial charge in [-0.1, -0.05) is 18.9 Å². The second-order valence-electron chi connectivity index (χ2n) is 5.36. The van der Waals surface area contributed by atoms with Gasteiger partial charge in [0, 0.05) is 18.1 Å². The summed E-state index contributed by atoms with van der Waals surface area (Å²) in [7, 11) is -3.59. The van der Waals surface area contributed by atoms with E-state index in [1.54, 1.807) is 30.5 Å². The van der Waals surface area contributed by atoms with E-state index in [4.69, 9.17) is 5.73 Å². The van der Waals surface area contributed by atoms with Crippen molar-refractivity contribution in [2.24, 2.45) is 5.73 Å². The van der Waals surface area contributed by atoms with Gasteiger partial charge in [0.2, 0.25) is 10.0 Å². The van der Waals surface area contributed by atoms with Crippen molar-refractivity contribution in [3.63, 3.8) is 0 Å². The van der Waals surface area contributed by atoms with Gasteiger partial charge in [0.25, 0.3) is 0 Å². The highest BCUT2D eigenvalue weighted by Crippen LogP contribution is 2.27. The first-order valence-electron chi connectivity index (χ1n) is 7.22. The lowest BCUT2D eigenvalue weighted by Gasteiger charge is -2.26. The Morgan fingerprint density at radius 2 is 2.00 bits per heavy atom. The Morgan fingerprint density at radius 3 is 2.86 bits per heavy atom. The zero-order valence-electron chi connectivity index (χ0n) is 11.8. The Labute approximate surface area is 124 Å². The number of aromatic nitrogens is 1. The molecule has 1 saturated heterocycles. The zero-order valence-corrected chi connectivity index (χ0v) is 12.6. The van der Waals surface area contributed by atoms with E-state index in [1.807, 2.05) is 6.07 Å². The summed E-state index contributed by atoms with van der Waals surface area (Å²) in [6.45, 7) is 0.486. The molecule has 2 N–H and O–H groups in total. The Kier molecular flexibility index (Phi) is 3.93. The summed E-state index contributed by atoms with van der Waals surface area (Å²) in [4.78, 5) is 4.52. The predicted molar refractivity (Wildman–Crippen MR) is 82.1 cm³/mol. The van der Waals surface area contributed by atoms with E-state index in [0.29, 0.717) is 28.8 Å². The molecule has 0 saturated carbocycles. The quantitative estimate of drug-likeness (QED) is 0.921. The maximum absolute atomic E-state index is 13.0. The Morgan fingerprint density at radius 1 is 1.14 bits per heavy atom. The lowest BCUT2D eigenvalue weighted by atomic mass is 10.2. The van der Waals surface area contributed by atoms with Crippen molar-refractivity contribution >= 4 is 20.9 Å². The summed E-state index contributed by atoms with van der Waals surface area (Å²) in [5.74, 6) is 0. The smallest absolute Gasteiger partial charge is 0.245 e. The Hall–Kier alpha value is -1.50. The van der Waals surface area contributed by atoms with Crippen LogP contribution in [0.2, 0.25) is 0 Å². The number of fused-ring (bicyclic) bond motifs is 1. The molecular formula is C15H19N3O2S. The van der Waals surface area contributed by atoms with Gasteiger partial charge in [0.15, 0.2) is 0 Å². The van der Waals surface area contributed by atoms with Gasteiger partial charge in [0.1, 0.15) is 0 Å². The van der Waals surface area contributed by atoms with E-state index in [1.165, 1.54) is 4.31 Å². The van der Waals surface area contributed by atoms with E-state index in [0.717, 1.165) is 19.3 Å². The highest BCUT2D eigenvalue weighted by molar-refractivity contribution is 7.89. The van der Waals surface area contributed by atoms with Gasteiger partial charge >= 0.3 is 0 Å². The molecule has 1 fully saturated rings. The predicted octanol–water partition coefficient (Wildman–Crippen LogP) is 2.08. The Balaban J connectivity index is 2.11. The summed E-state index contributed by atoms with van der Waals surface area (Å²) in [5.41, 5.74) is 6.76. The third kappa shape index (κ3) is 2.66. The highest BCUT2D eigenvalue weighted by Gasteiger charge is 2.31. The van der Waals surface area contributed by atoms with Gasteiger partial charge < -0.3 is 5.73 Å². The molecule has 5 nitrogen and oxygen atoms in total. The van der Waals surface area contributed by atoms with Crippen LogP contribution in [-0.4, -0.2) is 30.4 Å². The molecule has 112 valence electrons. The second-order valence-corrected chi connectivity index (χ2v) is 7.22. The number of benzene rings is 1. The molecule has 6 heteroatoms. The summed E-state index contributed by atoms with van der Waals surface area (Å²) < 4.78 is 27.4. The highest BCUT2D eigenvalue weighted by atomic mass is 32.2. The molecule has 1 aliphatic rings. The summed E-state index contributed by atoms with van der Waals surface area (Å²) in [6, 6.07) is 8.72. The molecule has 0 spiro atoms. The van der Waals surface area contributed by atoms with Gasteiger partial charge in [-0.3, -0.25) is 4.98 Å². The number of sulfonamides is 1. The van der Waals surface area contributed by atoms with Crippen LogP contribution >= 0.6 is 0 Å². The molecule has 1 atom stereocenters. The number of pyridine rings is 1. The van der Waals surface area contributed by atoms with Crippen molar-refractivity contribution in [1.29, 1.82) is 0 Å². The van der Waals surface area contributed by atoms with E-state index in [9.17, 15) is 8.42 Å². The molecule has 1 aromatic heterocycles. The van der Waals surface area contributed by atoms with Crippen molar-refractivity contribution in [3.05, 3.63) is 36.5 Å². The molecule has 1 aliphatic heterocycles. The van der Waals surface area contributed by atoms with Gasteiger partial charge in [-0.05, 0) is 37.1 Å². The first kappa shape index (κ1) is 14.4. The van der Waals surface area contributed by atoms with Crippen LogP contribution in [0.4, 0.5) is 0 Å². The van der Waals surface area contributed by atoms with E-state index < -0.39 is 16.2 Å². The second kappa shape index (κ2) is 5.71. The molecule has 2 heterocycles. The molecule has 1 unspecified atom stereocenters. The van der Waals surface area contributed by atoms with Gasteiger partial charge in [-0.2, -0.15) is 4.31 Å². The fourth-order valence-electron chi connectivity index (χ4n) is 2.83. The van der Waals surface area contributed by atoms with Crippen molar-refractivity contribution < 1.29 is 8.42 Å². The number of rotatable bonds is 2. The minimum absolute atomic E-state index is 0.297. The van der Waals surface area contributed by atoms with E-state index in [2.05, 4.69) is 4.98 Å². The molecule has 2 aromatic rings. The minimum Gasteiger partial charge on any atom is -0.315 e. The molecular weight excluding hydrogens is 286 g/mol. The van der Waals surface area contributed by atoms with E-state index in [-0.39, 0.29) is 0 Å². The maximum Gasteiger partial charge on any atom is 0.245 e. The molecule has 1 aromatic carbocycles. The zero-order chi connectivity index (χ0) is 14.9. The third-order valence-electron chi connectivity index (χ3n) is 3.94. The van der Waals surface area contributed by atoms with Crippen molar-refractivity contribution in [3.8, 4) is 0 Å². The molecule has 21 heavy (non-hydrogen) atoms. The first-order chi connectivity index (χ1) is 10.1. The van der Waals surface area contributed by atoms with Gasteiger partial charge in [0.05, 0.1) is 16.6 Å². The number of hydrogen-bond acceptors (Lipinski definition) is 4.